The fourth-order valence-corrected chi connectivity index (χ4v) is 4.27. The smallest absolute Gasteiger partial charge is 0.160 e. The molecule has 2 heterocycles. The SMILES string of the molecule is C/C=C(\C(O)=C/C)c1cc2c3c([nH]c2nn1)CCC(BC(C)C)CCC3. The van der Waals surface area contributed by atoms with Crippen LogP contribution in [0.4, 0.5) is 0 Å². The molecular weight excluding hydrogens is 321 g/mol. The van der Waals surface area contributed by atoms with Gasteiger partial charge in [0.1, 0.15) is 13.0 Å². The number of rotatable bonds is 4. The maximum atomic E-state index is 10.1. The Morgan fingerprint density at radius 2 is 2.04 bits per heavy atom. The molecule has 26 heavy (non-hydrogen) atoms. The van der Waals surface area contributed by atoms with Crippen molar-refractivity contribution >= 4 is 23.9 Å². The van der Waals surface area contributed by atoms with Gasteiger partial charge in [0, 0.05) is 16.7 Å². The van der Waals surface area contributed by atoms with Crippen LogP contribution in [0.15, 0.2) is 24.0 Å². The Bertz CT molecular complexity index is 835. The number of aromatic nitrogens is 3. The first-order chi connectivity index (χ1) is 12.5. The summed E-state index contributed by atoms with van der Waals surface area (Å²) in [5, 5.41) is 20.1. The van der Waals surface area contributed by atoms with Crippen molar-refractivity contribution < 1.29 is 5.11 Å². The Labute approximate surface area is 157 Å². The lowest BCUT2D eigenvalue weighted by molar-refractivity contribution is 0.436. The summed E-state index contributed by atoms with van der Waals surface area (Å²) in [4.78, 5) is 3.51. The van der Waals surface area contributed by atoms with Crippen LogP contribution in [0.5, 0.6) is 0 Å². The van der Waals surface area contributed by atoms with Crippen molar-refractivity contribution in [3.8, 4) is 0 Å². The van der Waals surface area contributed by atoms with E-state index in [1.54, 1.807) is 6.08 Å². The molecule has 0 radical (unpaired) electrons. The zero-order valence-corrected chi connectivity index (χ0v) is 16.5. The quantitative estimate of drug-likeness (QED) is 0.455. The molecule has 0 saturated carbocycles. The summed E-state index contributed by atoms with van der Waals surface area (Å²) >= 11 is 0. The van der Waals surface area contributed by atoms with Gasteiger partial charge in [-0.25, -0.2) is 0 Å². The Morgan fingerprint density at radius 1 is 1.23 bits per heavy atom. The van der Waals surface area contributed by atoms with Crippen molar-refractivity contribution in [3.05, 3.63) is 40.9 Å². The van der Waals surface area contributed by atoms with Crippen LogP contribution in [0.3, 0.4) is 0 Å². The molecule has 2 aromatic heterocycles. The highest BCUT2D eigenvalue weighted by Crippen LogP contribution is 2.33. The second-order valence-electron chi connectivity index (χ2n) is 7.88. The summed E-state index contributed by atoms with van der Waals surface area (Å²) in [7, 11) is 1.33. The average Bonchev–Trinajstić information content (AvgIpc) is 2.94. The molecule has 0 aromatic carbocycles. The van der Waals surface area contributed by atoms with E-state index >= 15 is 0 Å². The first kappa shape index (κ1) is 18.7. The van der Waals surface area contributed by atoms with E-state index in [0.717, 1.165) is 46.8 Å². The van der Waals surface area contributed by atoms with Gasteiger partial charge in [-0.15, -0.1) is 10.2 Å². The summed E-state index contributed by atoms with van der Waals surface area (Å²) in [5.74, 6) is 1.85. The van der Waals surface area contributed by atoms with Gasteiger partial charge in [0.05, 0.1) is 5.69 Å². The number of H-pyrrole nitrogens is 1. The number of aliphatic hydroxyl groups excluding tert-OH is 1. The summed E-state index contributed by atoms with van der Waals surface area (Å²) < 4.78 is 0. The van der Waals surface area contributed by atoms with Crippen LogP contribution in [0.25, 0.3) is 16.6 Å². The summed E-state index contributed by atoms with van der Waals surface area (Å²) in [5.41, 5.74) is 5.07. The molecular formula is C21H30BN3O. The summed E-state index contributed by atoms with van der Waals surface area (Å²) in [6.07, 6.45) is 9.55. The van der Waals surface area contributed by atoms with Gasteiger partial charge in [0.2, 0.25) is 0 Å². The molecule has 5 heteroatoms. The van der Waals surface area contributed by atoms with E-state index in [-0.39, 0.29) is 5.76 Å². The molecule has 2 N–H and O–H groups in total. The molecule has 3 rings (SSSR count). The van der Waals surface area contributed by atoms with Crippen molar-refractivity contribution in [1.29, 1.82) is 0 Å². The predicted molar refractivity (Wildman–Crippen MR) is 111 cm³/mol. The third-order valence-corrected chi connectivity index (χ3v) is 5.51. The highest BCUT2D eigenvalue weighted by Gasteiger charge is 2.21. The number of nitrogens with zero attached hydrogens (tertiary/aromatic N) is 2. The Hall–Kier alpha value is -2.04. The number of hydrogen-bond acceptors (Lipinski definition) is 3. The molecule has 0 amide bonds. The molecule has 1 aliphatic rings. The van der Waals surface area contributed by atoms with Crippen LogP contribution in [-0.4, -0.2) is 27.6 Å². The number of aliphatic hydroxyl groups is 1. The summed E-state index contributed by atoms with van der Waals surface area (Å²) in [6, 6.07) is 2.08. The van der Waals surface area contributed by atoms with Gasteiger partial charge in [0.25, 0.3) is 0 Å². The van der Waals surface area contributed by atoms with Crippen molar-refractivity contribution in [1.82, 2.24) is 15.2 Å². The number of aryl methyl sites for hydroxylation is 2. The number of hydrogen-bond donors (Lipinski definition) is 2. The standard InChI is InChI=1S/C21H30BN3O/c1-5-15(20(26)6-2)19-12-17-16-9-7-8-14(22-13(3)4)10-11-18(16)23-21(17)25-24-19/h5-6,12-14,22,26H,7-11H2,1-4H3,(H,23,25)/b15-5-,20-6+. The number of fused-ring (bicyclic) bond motifs is 3. The van der Waals surface area contributed by atoms with E-state index in [9.17, 15) is 5.11 Å². The Kier molecular flexibility index (Phi) is 5.85. The Morgan fingerprint density at radius 3 is 2.73 bits per heavy atom. The molecule has 0 saturated heterocycles. The van der Waals surface area contributed by atoms with E-state index < -0.39 is 0 Å². The minimum atomic E-state index is 0.246. The molecule has 4 nitrogen and oxygen atoms in total. The van der Waals surface area contributed by atoms with Gasteiger partial charge in [-0.3, -0.25) is 0 Å². The summed E-state index contributed by atoms with van der Waals surface area (Å²) in [6.45, 7) is 8.38. The third-order valence-electron chi connectivity index (χ3n) is 5.51. The van der Waals surface area contributed by atoms with E-state index in [2.05, 4.69) is 35.1 Å². The van der Waals surface area contributed by atoms with E-state index in [1.165, 1.54) is 37.8 Å². The van der Waals surface area contributed by atoms with E-state index in [4.69, 9.17) is 0 Å². The van der Waals surface area contributed by atoms with E-state index in [0.29, 0.717) is 0 Å². The molecule has 0 aliphatic heterocycles. The fraction of sp³-hybridized carbons (Fsp3) is 0.524. The minimum Gasteiger partial charge on any atom is -0.508 e. The highest BCUT2D eigenvalue weighted by molar-refractivity contribution is 6.39. The molecule has 138 valence electrons. The molecule has 0 fully saturated rings. The fourth-order valence-electron chi connectivity index (χ4n) is 4.27. The van der Waals surface area contributed by atoms with Crippen LogP contribution >= 0.6 is 0 Å². The second kappa shape index (κ2) is 8.11. The van der Waals surface area contributed by atoms with Crippen LogP contribution in [-0.2, 0) is 12.8 Å². The maximum Gasteiger partial charge on any atom is 0.160 e. The minimum absolute atomic E-state index is 0.246. The van der Waals surface area contributed by atoms with Crippen molar-refractivity contribution in [2.75, 3.05) is 0 Å². The predicted octanol–water partition coefficient (Wildman–Crippen LogP) is 5.15. The molecule has 0 bridgehead atoms. The topological polar surface area (TPSA) is 61.8 Å². The first-order valence-electron chi connectivity index (χ1n) is 9.93. The van der Waals surface area contributed by atoms with Crippen LogP contribution in [0, 0.1) is 0 Å². The number of allylic oxidation sites excluding steroid dienone is 3. The van der Waals surface area contributed by atoms with Crippen LogP contribution in [0.1, 0.15) is 63.9 Å². The Balaban J connectivity index is 1.94. The zero-order valence-electron chi connectivity index (χ0n) is 16.5. The van der Waals surface area contributed by atoms with Crippen LogP contribution in [0.2, 0.25) is 11.6 Å². The number of nitrogens with one attached hydrogen (secondary N) is 1. The molecule has 2 aromatic rings. The normalized spacial score (nSPS) is 19.3. The zero-order chi connectivity index (χ0) is 18.7. The van der Waals surface area contributed by atoms with Crippen molar-refractivity contribution in [2.24, 2.45) is 0 Å². The largest absolute Gasteiger partial charge is 0.508 e. The second-order valence-corrected chi connectivity index (χ2v) is 7.88. The molecule has 1 unspecified atom stereocenters. The molecule has 1 atom stereocenters. The van der Waals surface area contributed by atoms with Gasteiger partial charge < -0.3 is 10.1 Å². The average molecular weight is 351 g/mol. The number of aromatic amines is 1. The van der Waals surface area contributed by atoms with Gasteiger partial charge in [-0.1, -0.05) is 44.4 Å². The first-order valence-corrected chi connectivity index (χ1v) is 9.93. The van der Waals surface area contributed by atoms with Gasteiger partial charge in [-0.05, 0) is 50.8 Å². The monoisotopic (exact) mass is 351 g/mol. The third kappa shape index (κ3) is 3.87. The van der Waals surface area contributed by atoms with Crippen molar-refractivity contribution in [2.45, 2.75) is 71.4 Å². The van der Waals surface area contributed by atoms with Gasteiger partial charge in [-0.2, -0.15) is 0 Å². The van der Waals surface area contributed by atoms with Crippen LogP contribution < -0.4 is 0 Å². The van der Waals surface area contributed by atoms with Gasteiger partial charge in [0.15, 0.2) is 5.65 Å². The lowest BCUT2D eigenvalue weighted by Crippen LogP contribution is -2.11. The van der Waals surface area contributed by atoms with E-state index in [1.807, 2.05) is 19.9 Å². The maximum absolute atomic E-state index is 10.1. The molecule has 0 spiro atoms. The molecule has 1 aliphatic carbocycles. The highest BCUT2D eigenvalue weighted by atomic mass is 16.3. The lowest BCUT2D eigenvalue weighted by atomic mass is 9.53. The van der Waals surface area contributed by atoms with Gasteiger partial charge >= 0.3 is 0 Å². The lowest BCUT2D eigenvalue weighted by Gasteiger charge is -2.20. The van der Waals surface area contributed by atoms with Crippen molar-refractivity contribution in [3.63, 3.8) is 0 Å².